The Labute approximate surface area is 212 Å². The molecular formula is C27H30BrF2N2O3+. The molecule has 1 heterocycles. The maximum absolute atomic E-state index is 13.9. The van der Waals surface area contributed by atoms with Gasteiger partial charge in [0.25, 0.3) is 5.82 Å². The van der Waals surface area contributed by atoms with Crippen LogP contribution in [0.25, 0.3) is 0 Å². The first-order valence-corrected chi connectivity index (χ1v) is 12.6. The van der Waals surface area contributed by atoms with Gasteiger partial charge in [0.15, 0.2) is 5.60 Å². The zero-order valence-corrected chi connectivity index (χ0v) is 21.3. The van der Waals surface area contributed by atoms with Crippen LogP contribution in [-0.4, -0.2) is 28.2 Å². The minimum Gasteiger partial charge on any atom is -0.463 e. The third-order valence-electron chi connectivity index (χ3n) is 6.82. The molecule has 0 radical (unpaired) electrons. The smallest absolute Gasteiger partial charge is 0.343 e. The fourth-order valence-corrected chi connectivity index (χ4v) is 5.02. The molecule has 4 rings (SSSR count). The number of nitrogens with zero attached hydrogens (tertiary/aromatic N) is 2. The quantitative estimate of drug-likeness (QED) is 0.229. The lowest BCUT2D eigenvalue weighted by Gasteiger charge is -2.32. The van der Waals surface area contributed by atoms with E-state index in [1.165, 1.54) is 5.56 Å². The molecule has 1 saturated carbocycles. The predicted octanol–water partition coefficient (Wildman–Crippen LogP) is 5.15. The van der Waals surface area contributed by atoms with Gasteiger partial charge >= 0.3 is 5.97 Å². The Balaban J connectivity index is 1.36. The van der Waals surface area contributed by atoms with Crippen molar-refractivity contribution in [3.63, 3.8) is 0 Å². The molecule has 3 aromatic rings. The number of benzene rings is 2. The first-order valence-electron chi connectivity index (χ1n) is 11.8. The third-order valence-corrected chi connectivity index (χ3v) is 7.35. The molecule has 186 valence electrons. The van der Waals surface area contributed by atoms with Crippen LogP contribution >= 0.6 is 15.9 Å². The summed E-state index contributed by atoms with van der Waals surface area (Å²) in [6, 6.07) is 16.5. The van der Waals surface area contributed by atoms with E-state index in [0.717, 1.165) is 16.8 Å². The van der Waals surface area contributed by atoms with E-state index >= 15 is 0 Å². The van der Waals surface area contributed by atoms with Gasteiger partial charge in [-0.3, -0.25) is 0 Å². The second-order valence-electron chi connectivity index (χ2n) is 9.21. The van der Waals surface area contributed by atoms with Crippen LogP contribution in [0.1, 0.15) is 42.6 Å². The van der Waals surface area contributed by atoms with Gasteiger partial charge in [0.1, 0.15) is 18.9 Å². The monoisotopic (exact) mass is 547 g/mol. The summed E-state index contributed by atoms with van der Waals surface area (Å²) in [5.41, 5.74) is -0.605. The number of hydrogen-bond acceptors (Lipinski definition) is 3. The van der Waals surface area contributed by atoms with Gasteiger partial charge in [-0.15, -0.1) is 0 Å². The largest absolute Gasteiger partial charge is 0.463 e. The number of imidazole rings is 1. The molecule has 0 aliphatic heterocycles. The Bertz CT molecular complexity index is 1150. The third kappa shape index (κ3) is 5.81. The number of hydrogen-bond donors (Lipinski definition) is 1. The Morgan fingerprint density at radius 1 is 1.23 bits per heavy atom. The highest BCUT2D eigenvalue weighted by Gasteiger charge is 2.54. The highest BCUT2D eigenvalue weighted by atomic mass is 79.9. The number of aryl methyl sites for hydroxylation is 1. The number of aromatic nitrogens is 2. The van der Waals surface area contributed by atoms with E-state index < -0.39 is 29.8 Å². The van der Waals surface area contributed by atoms with Gasteiger partial charge in [-0.2, -0.15) is 0 Å². The lowest BCUT2D eigenvalue weighted by molar-refractivity contribution is -0.694. The predicted molar refractivity (Wildman–Crippen MR) is 131 cm³/mol. The molecule has 1 fully saturated rings. The first-order chi connectivity index (χ1) is 16.7. The molecule has 5 nitrogen and oxygen atoms in total. The van der Waals surface area contributed by atoms with Crippen molar-refractivity contribution in [1.29, 1.82) is 0 Å². The number of carbonyl (C=O) groups is 1. The van der Waals surface area contributed by atoms with Gasteiger partial charge in [-0.1, -0.05) is 58.4 Å². The molecular weight excluding hydrogens is 518 g/mol. The van der Waals surface area contributed by atoms with Crippen LogP contribution < -0.4 is 4.57 Å². The lowest BCUT2D eigenvalue weighted by Crippen LogP contribution is -2.44. The second-order valence-corrected chi connectivity index (χ2v) is 10.1. The Hall–Kier alpha value is -2.58. The molecule has 8 heteroatoms. The van der Waals surface area contributed by atoms with E-state index in [1.807, 2.05) is 31.5 Å². The van der Waals surface area contributed by atoms with Crippen molar-refractivity contribution in [1.82, 2.24) is 4.57 Å². The Kier molecular flexibility index (Phi) is 7.71. The fraction of sp³-hybridized carbons (Fsp3) is 0.407. The van der Waals surface area contributed by atoms with Gasteiger partial charge in [0, 0.05) is 36.6 Å². The summed E-state index contributed by atoms with van der Waals surface area (Å²) in [4.78, 5) is 13.0. The average Bonchev–Trinajstić information content (AvgIpc) is 3.39. The summed E-state index contributed by atoms with van der Waals surface area (Å²) in [6.45, 7) is 3.48. The Morgan fingerprint density at radius 2 is 1.94 bits per heavy atom. The average molecular weight is 548 g/mol. The van der Waals surface area contributed by atoms with Crippen molar-refractivity contribution in [3.8, 4) is 0 Å². The molecule has 0 saturated heterocycles. The van der Waals surface area contributed by atoms with E-state index in [2.05, 4.69) is 37.2 Å². The van der Waals surface area contributed by atoms with Crippen LogP contribution in [0.2, 0.25) is 0 Å². The number of ether oxygens (including phenoxy) is 1. The molecule has 0 unspecified atom stereocenters. The van der Waals surface area contributed by atoms with Gasteiger partial charge in [0.2, 0.25) is 5.92 Å². The zero-order valence-electron chi connectivity index (χ0n) is 19.7. The van der Waals surface area contributed by atoms with Crippen LogP contribution in [0.15, 0.2) is 71.5 Å². The normalized spacial score (nSPS) is 18.8. The molecule has 1 aliphatic carbocycles. The number of aliphatic hydroxyl groups is 1. The number of halogens is 3. The minimum atomic E-state index is -2.88. The number of carbonyl (C=O) groups excluding carboxylic acids is 1. The topological polar surface area (TPSA) is 55.3 Å². The molecule has 0 amide bonds. The van der Waals surface area contributed by atoms with Crippen LogP contribution in [0, 0.1) is 12.8 Å². The minimum absolute atomic E-state index is 0.0639. The molecule has 0 bridgehead atoms. The summed E-state index contributed by atoms with van der Waals surface area (Å²) in [6.07, 6.45) is 3.72. The summed E-state index contributed by atoms with van der Waals surface area (Å²) in [5.74, 6) is -3.57. The van der Waals surface area contributed by atoms with Gasteiger partial charge in [-0.05, 0) is 29.7 Å². The van der Waals surface area contributed by atoms with E-state index in [9.17, 15) is 18.7 Å². The molecule has 1 aromatic heterocycles. The SMILES string of the molecule is Cc1n(CCCOC(=O)[C@](O)(c2ccccc2)[C@@H]2CCC(F)(F)C2)cc[n+]1Cc1ccc(Br)cc1. The molecule has 1 N–H and O–H groups in total. The number of rotatable bonds is 9. The lowest BCUT2D eigenvalue weighted by atomic mass is 9.80. The zero-order chi connectivity index (χ0) is 25.1. The number of esters is 1. The maximum atomic E-state index is 13.9. The highest BCUT2D eigenvalue weighted by molar-refractivity contribution is 9.10. The number of alkyl halides is 2. The van der Waals surface area contributed by atoms with E-state index in [0.29, 0.717) is 18.5 Å². The summed E-state index contributed by atoms with van der Waals surface area (Å²) < 4.78 is 38.6. The molecule has 0 spiro atoms. The van der Waals surface area contributed by atoms with E-state index in [-0.39, 0.29) is 19.4 Å². The first kappa shape index (κ1) is 25.5. The molecule has 2 aromatic carbocycles. The second kappa shape index (κ2) is 10.6. The van der Waals surface area contributed by atoms with E-state index in [1.54, 1.807) is 30.3 Å². The van der Waals surface area contributed by atoms with Gasteiger partial charge in [0.05, 0.1) is 13.2 Å². The van der Waals surface area contributed by atoms with Crippen molar-refractivity contribution in [2.75, 3.05) is 6.61 Å². The molecule has 2 atom stereocenters. The molecule has 1 aliphatic rings. The molecule has 35 heavy (non-hydrogen) atoms. The fourth-order valence-electron chi connectivity index (χ4n) is 4.76. The summed E-state index contributed by atoms with van der Waals surface area (Å²) in [5, 5.41) is 11.4. The standard InChI is InChI=1S/C27H30BrF2N2O3/c1-20-31(15-16-32(20)19-21-8-10-24(28)11-9-21)14-5-17-35-25(33)27(34,22-6-3-2-4-7-22)23-12-13-26(29,30)18-23/h2-4,6-11,15-16,23,34H,5,12-14,17-19H2,1H3/q+1/t23-,27+/m1/s1. The van der Waals surface area contributed by atoms with E-state index in [4.69, 9.17) is 4.74 Å². The summed E-state index contributed by atoms with van der Waals surface area (Å²) in [7, 11) is 0. The Morgan fingerprint density at radius 3 is 2.60 bits per heavy atom. The van der Waals surface area contributed by atoms with Crippen LogP contribution in [0.5, 0.6) is 0 Å². The van der Waals surface area contributed by atoms with Gasteiger partial charge < -0.3 is 9.84 Å². The van der Waals surface area contributed by atoms with Crippen LogP contribution in [0.4, 0.5) is 8.78 Å². The van der Waals surface area contributed by atoms with Crippen molar-refractivity contribution < 1.29 is 28.0 Å². The van der Waals surface area contributed by atoms with Crippen molar-refractivity contribution in [2.45, 2.75) is 57.2 Å². The van der Waals surface area contributed by atoms with Crippen molar-refractivity contribution >= 4 is 21.9 Å². The van der Waals surface area contributed by atoms with Crippen molar-refractivity contribution in [2.24, 2.45) is 5.92 Å². The van der Waals surface area contributed by atoms with Crippen LogP contribution in [0.3, 0.4) is 0 Å². The van der Waals surface area contributed by atoms with Gasteiger partial charge in [-0.25, -0.2) is 22.7 Å². The summed E-state index contributed by atoms with van der Waals surface area (Å²) >= 11 is 3.45. The maximum Gasteiger partial charge on any atom is 0.343 e. The highest BCUT2D eigenvalue weighted by Crippen LogP contribution is 2.47. The van der Waals surface area contributed by atoms with Crippen molar-refractivity contribution in [3.05, 3.63) is 88.4 Å². The van der Waals surface area contributed by atoms with Crippen LogP contribution in [-0.2, 0) is 28.2 Å².